The minimum absolute atomic E-state index is 0.0208. The maximum Gasteiger partial charge on any atom is 0.0641 e. The molecule has 0 saturated carbocycles. The molecule has 0 aromatic carbocycles. The van der Waals surface area contributed by atoms with Gasteiger partial charge in [0.1, 0.15) is 0 Å². The Balaban J connectivity index is 2.31. The SMILES string of the molecule is CC1(C)CC(NC/C(Cl)=C/Cl)CCO1. The summed E-state index contributed by atoms with van der Waals surface area (Å²) in [5.74, 6) is 0. The van der Waals surface area contributed by atoms with Crippen LogP contribution in [-0.2, 0) is 4.74 Å². The third kappa shape index (κ3) is 4.18. The second-order valence-electron chi connectivity index (χ2n) is 4.23. The summed E-state index contributed by atoms with van der Waals surface area (Å²) in [6, 6.07) is 0.476. The average molecular weight is 238 g/mol. The lowest BCUT2D eigenvalue weighted by atomic mass is 9.94. The van der Waals surface area contributed by atoms with E-state index in [-0.39, 0.29) is 5.60 Å². The third-order valence-electron chi connectivity index (χ3n) is 2.38. The van der Waals surface area contributed by atoms with Crippen LogP contribution in [0.4, 0.5) is 0 Å². The van der Waals surface area contributed by atoms with Crippen LogP contribution >= 0.6 is 23.2 Å². The van der Waals surface area contributed by atoms with Gasteiger partial charge in [-0.2, -0.15) is 0 Å². The topological polar surface area (TPSA) is 21.3 Å². The summed E-state index contributed by atoms with van der Waals surface area (Å²) < 4.78 is 5.62. The van der Waals surface area contributed by atoms with Crippen molar-refractivity contribution in [2.75, 3.05) is 13.2 Å². The largest absolute Gasteiger partial charge is 0.375 e. The molecule has 1 rings (SSSR count). The summed E-state index contributed by atoms with van der Waals surface area (Å²) in [6.45, 7) is 5.68. The van der Waals surface area contributed by atoms with Crippen molar-refractivity contribution in [1.82, 2.24) is 5.32 Å². The van der Waals surface area contributed by atoms with Crippen LogP contribution in [-0.4, -0.2) is 24.8 Å². The predicted octanol–water partition coefficient (Wildman–Crippen LogP) is 2.85. The highest BCUT2D eigenvalue weighted by Crippen LogP contribution is 2.23. The van der Waals surface area contributed by atoms with E-state index in [1.807, 2.05) is 0 Å². The fraction of sp³-hybridized carbons (Fsp3) is 0.800. The van der Waals surface area contributed by atoms with Crippen molar-refractivity contribution in [3.05, 3.63) is 10.6 Å². The molecule has 4 heteroatoms. The molecule has 1 atom stereocenters. The Labute approximate surface area is 95.6 Å². The van der Waals surface area contributed by atoms with Gasteiger partial charge in [0.25, 0.3) is 0 Å². The molecule has 82 valence electrons. The highest BCUT2D eigenvalue weighted by atomic mass is 35.5. The normalized spacial score (nSPS) is 27.7. The number of hydrogen-bond donors (Lipinski definition) is 1. The molecule has 0 bridgehead atoms. The molecule has 1 saturated heterocycles. The minimum Gasteiger partial charge on any atom is -0.375 e. The molecule has 14 heavy (non-hydrogen) atoms. The number of halogens is 2. The fourth-order valence-electron chi connectivity index (χ4n) is 1.69. The van der Waals surface area contributed by atoms with Crippen molar-refractivity contribution in [2.45, 2.75) is 38.3 Å². The molecule has 0 aliphatic carbocycles. The van der Waals surface area contributed by atoms with E-state index < -0.39 is 0 Å². The van der Waals surface area contributed by atoms with Gasteiger partial charge in [0.2, 0.25) is 0 Å². The Kier molecular flexibility index (Phi) is 4.71. The number of ether oxygens (including phenoxy) is 1. The molecule has 1 aliphatic heterocycles. The molecule has 1 aliphatic rings. The number of nitrogens with one attached hydrogen (secondary N) is 1. The van der Waals surface area contributed by atoms with Crippen LogP contribution in [0.5, 0.6) is 0 Å². The third-order valence-corrected chi connectivity index (χ3v) is 2.99. The highest BCUT2D eigenvalue weighted by molar-refractivity contribution is 6.36. The van der Waals surface area contributed by atoms with Gasteiger partial charge in [0.15, 0.2) is 0 Å². The van der Waals surface area contributed by atoms with E-state index in [0.717, 1.165) is 19.4 Å². The van der Waals surface area contributed by atoms with Gasteiger partial charge in [0, 0.05) is 29.8 Å². The van der Waals surface area contributed by atoms with Crippen molar-refractivity contribution < 1.29 is 4.74 Å². The van der Waals surface area contributed by atoms with Crippen LogP contribution in [0.1, 0.15) is 26.7 Å². The van der Waals surface area contributed by atoms with Gasteiger partial charge in [-0.05, 0) is 26.7 Å². The summed E-state index contributed by atoms with van der Waals surface area (Å²) >= 11 is 11.3. The first-order chi connectivity index (χ1) is 6.53. The zero-order valence-corrected chi connectivity index (χ0v) is 10.2. The molecular weight excluding hydrogens is 221 g/mol. The van der Waals surface area contributed by atoms with E-state index in [4.69, 9.17) is 27.9 Å². The second-order valence-corrected chi connectivity index (χ2v) is 4.94. The molecule has 1 unspecified atom stereocenters. The lowest BCUT2D eigenvalue weighted by Crippen LogP contribution is -2.44. The summed E-state index contributed by atoms with van der Waals surface area (Å²) in [4.78, 5) is 0. The maximum atomic E-state index is 5.79. The van der Waals surface area contributed by atoms with Crippen molar-refractivity contribution in [3.8, 4) is 0 Å². The van der Waals surface area contributed by atoms with Gasteiger partial charge in [-0.15, -0.1) is 0 Å². The molecule has 2 nitrogen and oxygen atoms in total. The molecule has 1 heterocycles. The number of hydrogen-bond acceptors (Lipinski definition) is 2. The van der Waals surface area contributed by atoms with E-state index in [1.54, 1.807) is 0 Å². The smallest absolute Gasteiger partial charge is 0.0641 e. The van der Waals surface area contributed by atoms with Crippen LogP contribution in [0.3, 0.4) is 0 Å². The summed E-state index contributed by atoms with van der Waals surface area (Å²) in [6.07, 6.45) is 2.05. The average Bonchev–Trinajstić information content (AvgIpc) is 2.12. The van der Waals surface area contributed by atoms with E-state index in [2.05, 4.69) is 19.2 Å². The molecule has 0 amide bonds. The van der Waals surface area contributed by atoms with Crippen molar-refractivity contribution in [1.29, 1.82) is 0 Å². The standard InChI is InChI=1S/C10H17Cl2NO/c1-10(2)5-9(3-4-14-10)13-7-8(12)6-11/h6,9,13H,3-5,7H2,1-2H3/b8-6-. The van der Waals surface area contributed by atoms with Gasteiger partial charge in [-0.25, -0.2) is 0 Å². The van der Waals surface area contributed by atoms with Gasteiger partial charge in [0.05, 0.1) is 5.60 Å². The molecule has 0 radical (unpaired) electrons. The molecule has 0 spiro atoms. The summed E-state index contributed by atoms with van der Waals surface area (Å²) in [7, 11) is 0. The summed E-state index contributed by atoms with van der Waals surface area (Å²) in [5, 5.41) is 4.01. The summed E-state index contributed by atoms with van der Waals surface area (Å²) in [5.41, 5.74) is 1.38. The highest BCUT2D eigenvalue weighted by Gasteiger charge is 2.28. The van der Waals surface area contributed by atoms with E-state index >= 15 is 0 Å². The van der Waals surface area contributed by atoms with Crippen LogP contribution in [0.15, 0.2) is 10.6 Å². The molecule has 1 N–H and O–H groups in total. The molecule has 0 aromatic heterocycles. The van der Waals surface area contributed by atoms with Crippen molar-refractivity contribution in [3.63, 3.8) is 0 Å². The van der Waals surface area contributed by atoms with Gasteiger partial charge < -0.3 is 10.1 Å². The van der Waals surface area contributed by atoms with Crippen LogP contribution in [0, 0.1) is 0 Å². The second kappa shape index (κ2) is 5.36. The first-order valence-electron chi connectivity index (χ1n) is 4.85. The molecule has 1 fully saturated rings. The Morgan fingerprint density at radius 2 is 2.36 bits per heavy atom. The zero-order chi connectivity index (χ0) is 10.6. The fourth-order valence-corrected chi connectivity index (χ4v) is 1.84. The van der Waals surface area contributed by atoms with Crippen LogP contribution in [0.2, 0.25) is 0 Å². The first kappa shape index (κ1) is 12.3. The maximum absolute atomic E-state index is 5.79. The Morgan fingerprint density at radius 1 is 1.64 bits per heavy atom. The Morgan fingerprint density at radius 3 is 2.93 bits per heavy atom. The molecule has 0 aromatic rings. The predicted molar refractivity (Wildman–Crippen MR) is 60.8 cm³/mol. The number of rotatable bonds is 3. The van der Waals surface area contributed by atoms with E-state index in [1.165, 1.54) is 5.54 Å². The zero-order valence-electron chi connectivity index (χ0n) is 8.65. The lowest BCUT2D eigenvalue weighted by Gasteiger charge is -2.35. The monoisotopic (exact) mass is 237 g/mol. The lowest BCUT2D eigenvalue weighted by molar-refractivity contribution is -0.0624. The van der Waals surface area contributed by atoms with Gasteiger partial charge in [-0.3, -0.25) is 0 Å². The van der Waals surface area contributed by atoms with Gasteiger partial charge in [-0.1, -0.05) is 23.2 Å². The first-order valence-corrected chi connectivity index (χ1v) is 5.67. The quantitative estimate of drug-likeness (QED) is 0.816. The van der Waals surface area contributed by atoms with Crippen LogP contribution in [0.25, 0.3) is 0 Å². The minimum atomic E-state index is -0.0208. The van der Waals surface area contributed by atoms with Crippen molar-refractivity contribution >= 4 is 23.2 Å². The van der Waals surface area contributed by atoms with Crippen molar-refractivity contribution in [2.24, 2.45) is 0 Å². The van der Waals surface area contributed by atoms with Gasteiger partial charge >= 0.3 is 0 Å². The Hall–Kier alpha value is 0.240. The van der Waals surface area contributed by atoms with E-state index in [9.17, 15) is 0 Å². The van der Waals surface area contributed by atoms with E-state index in [0.29, 0.717) is 17.6 Å². The molecular formula is C10H17Cl2NO. The Bertz CT molecular complexity index is 216. The van der Waals surface area contributed by atoms with Crippen LogP contribution < -0.4 is 5.32 Å².